The first kappa shape index (κ1) is 12.7. The number of aromatic nitrogens is 1. The van der Waals surface area contributed by atoms with Gasteiger partial charge >= 0.3 is 0 Å². The Balaban J connectivity index is 2.15. The summed E-state index contributed by atoms with van der Waals surface area (Å²) in [4.78, 5) is 4.56. The third-order valence-corrected chi connectivity index (χ3v) is 3.37. The summed E-state index contributed by atoms with van der Waals surface area (Å²) in [5.41, 5.74) is 4.27. The standard InChI is InChI=1S/C18H17NO/c1-12-8-9-16-15(10-12)18(11-14(3)19-16)20-17-7-5-4-6-13(17)2/h4-11H,1-3H3. The zero-order valence-electron chi connectivity index (χ0n) is 12.0. The van der Waals surface area contributed by atoms with Gasteiger partial charge < -0.3 is 4.74 Å². The van der Waals surface area contributed by atoms with Crippen LogP contribution in [0.4, 0.5) is 0 Å². The van der Waals surface area contributed by atoms with Crippen LogP contribution < -0.4 is 4.74 Å². The summed E-state index contributed by atoms with van der Waals surface area (Å²) < 4.78 is 6.12. The molecule has 20 heavy (non-hydrogen) atoms. The highest BCUT2D eigenvalue weighted by molar-refractivity contribution is 5.86. The molecule has 0 aliphatic rings. The Kier molecular flexibility index (Phi) is 3.15. The van der Waals surface area contributed by atoms with E-state index in [-0.39, 0.29) is 0 Å². The summed E-state index contributed by atoms with van der Waals surface area (Å²) in [6.45, 7) is 6.12. The molecular formula is C18H17NO. The van der Waals surface area contributed by atoms with E-state index in [0.717, 1.165) is 33.7 Å². The van der Waals surface area contributed by atoms with Crippen molar-refractivity contribution in [3.63, 3.8) is 0 Å². The van der Waals surface area contributed by atoms with Crippen molar-refractivity contribution >= 4 is 10.9 Å². The second-order valence-corrected chi connectivity index (χ2v) is 5.15. The zero-order valence-corrected chi connectivity index (χ0v) is 12.0. The molecule has 0 saturated heterocycles. The number of ether oxygens (including phenoxy) is 1. The molecule has 1 heterocycles. The molecule has 0 unspecified atom stereocenters. The largest absolute Gasteiger partial charge is 0.456 e. The SMILES string of the molecule is Cc1ccc2nc(C)cc(Oc3ccccc3C)c2c1. The van der Waals surface area contributed by atoms with Crippen LogP contribution in [-0.4, -0.2) is 4.98 Å². The van der Waals surface area contributed by atoms with Gasteiger partial charge in [-0.05, 0) is 44.5 Å². The minimum absolute atomic E-state index is 0.866. The highest BCUT2D eigenvalue weighted by Gasteiger charge is 2.08. The number of pyridine rings is 1. The predicted molar refractivity (Wildman–Crippen MR) is 82.5 cm³/mol. The summed E-state index contributed by atoms with van der Waals surface area (Å²) in [5, 5.41) is 1.05. The Bertz CT molecular complexity index is 777. The molecule has 3 aromatic rings. The highest BCUT2D eigenvalue weighted by Crippen LogP contribution is 2.31. The van der Waals surface area contributed by atoms with Gasteiger partial charge in [0, 0.05) is 17.1 Å². The van der Waals surface area contributed by atoms with Crippen molar-refractivity contribution in [2.45, 2.75) is 20.8 Å². The highest BCUT2D eigenvalue weighted by atomic mass is 16.5. The van der Waals surface area contributed by atoms with Crippen LogP contribution in [0.1, 0.15) is 16.8 Å². The molecule has 100 valence electrons. The Labute approximate surface area is 119 Å². The molecule has 2 heteroatoms. The molecular weight excluding hydrogens is 246 g/mol. The average Bonchev–Trinajstić information content (AvgIpc) is 2.42. The van der Waals surface area contributed by atoms with Gasteiger partial charge in [-0.15, -0.1) is 0 Å². The van der Waals surface area contributed by atoms with E-state index >= 15 is 0 Å². The molecule has 3 rings (SSSR count). The smallest absolute Gasteiger partial charge is 0.138 e. The number of hydrogen-bond donors (Lipinski definition) is 0. The topological polar surface area (TPSA) is 22.1 Å². The molecule has 2 nitrogen and oxygen atoms in total. The maximum atomic E-state index is 6.12. The van der Waals surface area contributed by atoms with Gasteiger partial charge in [0.25, 0.3) is 0 Å². The van der Waals surface area contributed by atoms with Gasteiger partial charge in [0.15, 0.2) is 0 Å². The minimum atomic E-state index is 0.866. The maximum absolute atomic E-state index is 6.12. The fraction of sp³-hybridized carbons (Fsp3) is 0.167. The van der Waals surface area contributed by atoms with E-state index in [9.17, 15) is 0 Å². The molecule has 0 atom stereocenters. The van der Waals surface area contributed by atoms with E-state index in [2.05, 4.69) is 37.0 Å². The minimum Gasteiger partial charge on any atom is -0.456 e. The van der Waals surface area contributed by atoms with Crippen LogP contribution in [0.25, 0.3) is 10.9 Å². The maximum Gasteiger partial charge on any atom is 0.138 e. The lowest BCUT2D eigenvalue weighted by Gasteiger charge is -2.12. The molecule has 0 spiro atoms. The van der Waals surface area contributed by atoms with Gasteiger partial charge in [0.1, 0.15) is 11.5 Å². The molecule has 0 fully saturated rings. The number of rotatable bonds is 2. The zero-order chi connectivity index (χ0) is 14.1. The van der Waals surface area contributed by atoms with E-state index < -0.39 is 0 Å². The second-order valence-electron chi connectivity index (χ2n) is 5.15. The Morgan fingerprint density at radius 3 is 2.45 bits per heavy atom. The predicted octanol–water partition coefficient (Wildman–Crippen LogP) is 4.95. The number of fused-ring (bicyclic) bond motifs is 1. The number of benzene rings is 2. The third-order valence-electron chi connectivity index (χ3n) is 3.37. The molecule has 0 amide bonds. The molecule has 0 bridgehead atoms. The molecule has 0 aliphatic carbocycles. The monoisotopic (exact) mass is 263 g/mol. The fourth-order valence-electron chi connectivity index (χ4n) is 2.31. The van der Waals surface area contributed by atoms with Crippen molar-refractivity contribution in [2.24, 2.45) is 0 Å². The van der Waals surface area contributed by atoms with Crippen molar-refractivity contribution in [3.8, 4) is 11.5 Å². The van der Waals surface area contributed by atoms with Gasteiger partial charge in [-0.1, -0.05) is 29.8 Å². The van der Waals surface area contributed by atoms with Crippen molar-refractivity contribution < 1.29 is 4.74 Å². The number of aryl methyl sites for hydroxylation is 3. The van der Waals surface area contributed by atoms with E-state index in [0.29, 0.717) is 0 Å². The van der Waals surface area contributed by atoms with Crippen LogP contribution in [0.5, 0.6) is 11.5 Å². The second kappa shape index (κ2) is 4.97. The Hall–Kier alpha value is -2.35. The molecule has 0 radical (unpaired) electrons. The fourth-order valence-corrected chi connectivity index (χ4v) is 2.31. The number of hydrogen-bond acceptors (Lipinski definition) is 2. The van der Waals surface area contributed by atoms with Crippen molar-refractivity contribution in [1.82, 2.24) is 4.98 Å². The lowest BCUT2D eigenvalue weighted by atomic mass is 10.1. The van der Waals surface area contributed by atoms with Gasteiger partial charge in [-0.2, -0.15) is 0 Å². The number of nitrogens with zero attached hydrogens (tertiary/aromatic N) is 1. The summed E-state index contributed by atoms with van der Waals surface area (Å²) in [5.74, 6) is 1.76. The van der Waals surface area contributed by atoms with Crippen LogP contribution in [0.2, 0.25) is 0 Å². The van der Waals surface area contributed by atoms with Crippen molar-refractivity contribution in [2.75, 3.05) is 0 Å². The van der Waals surface area contributed by atoms with Gasteiger partial charge in [0.2, 0.25) is 0 Å². The van der Waals surface area contributed by atoms with Gasteiger partial charge in [-0.3, -0.25) is 4.98 Å². The summed E-state index contributed by atoms with van der Waals surface area (Å²) in [7, 11) is 0. The molecule has 2 aromatic carbocycles. The van der Waals surface area contributed by atoms with E-state index in [1.165, 1.54) is 5.56 Å². The van der Waals surface area contributed by atoms with E-state index in [1.54, 1.807) is 0 Å². The van der Waals surface area contributed by atoms with E-state index in [1.807, 2.05) is 37.3 Å². The normalized spacial score (nSPS) is 10.8. The summed E-state index contributed by atoms with van der Waals surface area (Å²) in [6.07, 6.45) is 0. The summed E-state index contributed by atoms with van der Waals surface area (Å²) in [6, 6.07) is 16.3. The first-order valence-electron chi connectivity index (χ1n) is 6.75. The molecule has 0 N–H and O–H groups in total. The molecule has 0 aliphatic heterocycles. The van der Waals surface area contributed by atoms with Gasteiger partial charge in [-0.25, -0.2) is 0 Å². The molecule has 0 saturated carbocycles. The van der Waals surface area contributed by atoms with Crippen LogP contribution in [-0.2, 0) is 0 Å². The third kappa shape index (κ3) is 2.37. The van der Waals surface area contributed by atoms with Crippen LogP contribution in [0, 0.1) is 20.8 Å². The molecule has 1 aromatic heterocycles. The quantitative estimate of drug-likeness (QED) is 0.652. The first-order chi connectivity index (χ1) is 9.63. The van der Waals surface area contributed by atoms with Gasteiger partial charge in [0.05, 0.1) is 5.52 Å². The lowest BCUT2D eigenvalue weighted by Crippen LogP contribution is -1.92. The number of para-hydroxylation sites is 1. The first-order valence-corrected chi connectivity index (χ1v) is 6.75. The van der Waals surface area contributed by atoms with Crippen LogP contribution in [0.15, 0.2) is 48.5 Å². The van der Waals surface area contributed by atoms with Crippen LogP contribution >= 0.6 is 0 Å². The lowest BCUT2D eigenvalue weighted by molar-refractivity contribution is 0.483. The average molecular weight is 263 g/mol. The summed E-state index contributed by atoms with van der Waals surface area (Å²) >= 11 is 0. The van der Waals surface area contributed by atoms with Crippen molar-refractivity contribution in [1.29, 1.82) is 0 Å². The van der Waals surface area contributed by atoms with Crippen molar-refractivity contribution in [3.05, 3.63) is 65.4 Å². The Morgan fingerprint density at radius 1 is 0.850 bits per heavy atom. The van der Waals surface area contributed by atoms with Crippen LogP contribution in [0.3, 0.4) is 0 Å². The Morgan fingerprint density at radius 2 is 1.65 bits per heavy atom. The van der Waals surface area contributed by atoms with E-state index in [4.69, 9.17) is 4.74 Å².